The van der Waals surface area contributed by atoms with Crippen LogP contribution in [0.1, 0.15) is 17.3 Å². The normalized spacial score (nSPS) is 16.1. The summed E-state index contributed by atoms with van der Waals surface area (Å²) in [6.07, 6.45) is 0. The molecule has 1 aliphatic rings. The van der Waals surface area contributed by atoms with Crippen LogP contribution in [0.5, 0.6) is 0 Å². The van der Waals surface area contributed by atoms with Crippen molar-refractivity contribution in [2.24, 2.45) is 0 Å². The van der Waals surface area contributed by atoms with Gasteiger partial charge in [0.1, 0.15) is 6.61 Å². The first-order chi connectivity index (χ1) is 9.52. The van der Waals surface area contributed by atoms with E-state index in [0.717, 1.165) is 13.1 Å². The second-order valence-electron chi connectivity index (χ2n) is 5.05. The molecule has 20 heavy (non-hydrogen) atoms. The molecule has 6 heteroatoms. The van der Waals surface area contributed by atoms with E-state index in [4.69, 9.17) is 4.74 Å². The lowest BCUT2D eigenvalue weighted by Crippen LogP contribution is -2.59. The Bertz CT molecular complexity index is 512. The summed E-state index contributed by atoms with van der Waals surface area (Å²) >= 11 is 0. The van der Waals surface area contributed by atoms with Gasteiger partial charge in [0.05, 0.1) is 5.60 Å². The number of nitrogens with one attached hydrogen (secondary N) is 3. The highest BCUT2D eigenvalue weighted by Gasteiger charge is 2.32. The van der Waals surface area contributed by atoms with Gasteiger partial charge in [-0.1, -0.05) is 6.07 Å². The molecule has 0 unspecified atom stereocenters. The third kappa shape index (κ3) is 3.55. The first-order valence-electron chi connectivity index (χ1n) is 6.49. The number of carbonyl (C=O) groups is 2. The lowest BCUT2D eigenvalue weighted by atomic mass is 10.0. The van der Waals surface area contributed by atoms with Crippen molar-refractivity contribution < 1.29 is 14.3 Å². The number of amides is 2. The Kier molecular flexibility index (Phi) is 4.36. The minimum Gasteiger partial charge on any atom is -0.363 e. The van der Waals surface area contributed by atoms with Gasteiger partial charge in [0, 0.05) is 31.4 Å². The predicted octanol–water partition coefficient (Wildman–Crippen LogP) is 0.363. The van der Waals surface area contributed by atoms with Gasteiger partial charge in [-0.3, -0.25) is 9.59 Å². The van der Waals surface area contributed by atoms with E-state index in [1.165, 1.54) is 0 Å². The largest absolute Gasteiger partial charge is 0.363 e. The summed E-state index contributed by atoms with van der Waals surface area (Å²) < 4.78 is 5.54. The van der Waals surface area contributed by atoms with Gasteiger partial charge in [0.2, 0.25) is 5.91 Å². The Morgan fingerprint density at radius 1 is 1.40 bits per heavy atom. The molecule has 108 valence electrons. The number of carbonyl (C=O) groups excluding carboxylic acids is 2. The van der Waals surface area contributed by atoms with Gasteiger partial charge in [0.25, 0.3) is 5.91 Å². The lowest BCUT2D eigenvalue weighted by molar-refractivity contribution is -0.130. The third-order valence-electron chi connectivity index (χ3n) is 3.19. The van der Waals surface area contributed by atoms with E-state index >= 15 is 0 Å². The van der Waals surface area contributed by atoms with Crippen molar-refractivity contribution in [2.45, 2.75) is 12.5 Å². The minimum atomic E-state index is -0.249. The molecule has 2 rings (SSSR count). The van der Waals surface area contributed by atoms with Crippen molar-refractivity contribution in [2.75, 3.05) is 32.1 Å². The lowest BCUT2D eigenvalue weighted by Gasteiger charge is -2.38. The number of rotatable bonds is 5. The van der Waals surface area contributed by atoms with Crippen LogP contribution in [-0.4, -0.2) is 44.2 Å². The number of benzene rings is 1. The van der Waals surface area contributed by atoms with Gasteiger partial charge >= 0.3 is 0 Å². The number of hydrogen-bond acceptors (Lipinski definition) is 4. The van der Waals surface area contributed by atoms with Gasteiger partial charge in [-0.25, -0.2) is 0 Å². The van der Waals surface area contributed by atoms with E-state index in [2.05, 4.69) is 16.0 Å². The molecule has 1 saturated heterocycles. The standard InChI is InChI=1S/C14H19N3O3/c1-14(8-16-9-14)20-7-12(18)17-11-5-3-4-10(6-11)13(19)15-2/h3-6,16H,7-9H2,1-2H3,(H,15,19)(H,17,18). The number of ether oxygens (including phenoxy) is 1. The van der Waals surface area contributed by atoms with Gasteiger partial charge < -0.3 is 20.7 Å². The Hall–Kier alpha value is -1.92. The van der Waals surface area contributed by atoms with Crippen molar-refractivity contribution in [3.63, 3.8) is 0 Å². The van der Waals surface area contributed by atoms with Crippen LogP contribution in [0.25, 0.3) is 0 Å². The van der Waals surface area contributed by atoms with Gasteiger partial charge in [-0.05, 0) is 25.1 Å². The molecule has 0 spiro atoms. The summed E-state index contributed by atoms with van der Waals surface area (Å²) in [6, 6.07) is 6.77. The summed E-state index contributed by atoms with van der Waals surface area (Å²) in [5, 5.41) is 8.36. The molecule has 1 aromatic rings. The number of hydrogen-bond donors (Lipinski definition) is 3. The molecule has 0 saturated carbocycles. The smallest absolute Gasteiger partial charge is 0.251 e. The predicted molar refractivity (Wildman–Crippen MR) is 75.7 cm³/mol. The highest BCUT2D eigenvalue weighted by Crippen LogP contribution is 2.15. The van der Waals surface area contributed by atoms with Gasteiger partial charge in [0.15, 0.2) is 0 Å². The topological polar surface area (TPSA) is 79.5 Å². The molecule has 0 atom stereocenters. The molecule has 0 aliphatic carbocycles. The molecule has 0 radical (unpaired) electrons. The van der Waals surface area contributed by atoms with Crippen LogP contribution in [0.4, 0.5) is 5.69 Å². The third-order valence-corrected chi connectivity index (χ3v) is 3.19. The van der Waals surface area contributed by atoms with Gasteiger partial charge in [-0.15, -0.1) is 0 Å². The van der Waals surface area contributed by atoms with Crippen molar-refractivity contribution in [1.82, 2.24) is 10.6 Å². The van der Waals surface area contributed by atoms with E-state index in [1.807, 2.05) is 6.92 Å². The van der Waals surface area contributed by atoms with Crippen molar-refractivity contribution in [1.29, 1.82) is 0 Å². The fourth-order valence-electron chi connectivity index (χ4n) is 1.90. The molecular weight excluding hydrogens is 258 g/mol. The molecule has 0 bridgehead atoms. The van der Waals surface area contributed by atoms with Crippen molar-refractivity contribution >= 4 is 17.5 Å². The van der Waals surface area contributed by atoms with E-state index in [9.17, 15) is 9.59 Å². The van der Waals surface area contributed by atoms with Gasteiger partial charge in [-0.2, -0.15) is 0 Å². The molecule has 1 fully saturated rings. The van der Waals surface area contributed by atoms with Crippen LogP contribution in [0, 0.1) is 0 Å². The zero-order chi connectivity index (χ0) is 14.6. The van der Waals surface area contributed by atoms with E-state index in [0.29, 0.717) is 11.3 Å². The Labute approximate surface area is 117 Å². The first-order valence-corrected chi connectivity index (χ1v) is 6.49. The monoisotopic (exact) mass is 277 g/mol. The summed E-state index contributed by atoms with van der Waals surface area (Å²) in [4.78, 5) is 23.3. The van der Waals surface area contributed by atoms with E-state index in [1.54, 1.807) is 31.3 Å². The molecule has 3 N–H and O–H groups in total. The average Bonchev–Trinajstić information content (AvgIpc) is 2.42. The minimum absolute atomic E-state index is 0.00236. The maximum Gasteiger partial charge on any atom is 0.251 e. The summed E-state index contributed by atoms with van der Waals surface area (Å²) in [5.74, 6) is -0.419. The Balaban J connectivity index is 1.89. The highest BCUT2D eigenvalue weighted by molar-refractivity contribution is 5.97. The van der Waals surface area contributed by atoms with Crippen LogP contribution in [0.15, 0.2) is 24.3 Å². The fraction of sp³-hybridized carbons (Fsp3) is 0.429. The molecular formula is C14H19N3O3. The Morgan fingerprint density at radius 2 is 2.15 bits per heavy atom. The average molecular weight is 277 g/mol. The van der Waals surface area contributed by atoms with E-state index < -0.39 is 0 Å². The van der Waals surface area contributed by atoms with Crippen molar-refractivity contribution in [3.05, 3.63) is 29.8 Å². The summed E-state index contributed by atoms with van der Waals surface area (Å²) in [7, 11) is 1.56. The highest BCUT2D eigenvalue weighted by atomic mass is 16.5. The molecule has 0 aromatic heterocycles. The molecule has 1 aliphatic heterocycles. The summed E-state index contributed by atoms with van der Waals surface area (Å²) in [5.41, 5.74) is 0.833. The van der Waals surface area contributed by atoms with Crippen LogP contribution in [-0.2, 0) is 9.53 Å². The fourth-order valence-corrected chi connectivity index (χ4v) is 1.90. The summed E-state index contributed by atoms with van der Waals surface area (Å²) in [6.45, 7) is 3.48. The van der Waals surface area contributed by atoms with Crippen LogP contribution < -0.4 is 16.0 Å². The van der Waals surface area contributed by atoms with Crippen LogP contribution >= 0.6 is 0 Å². The number of anilines is 1. The second kappa shape index (κ2) is 6.02. The van der Waals surface area contributed by atoms with Crippen LogP contribution in [0.3, 0.4) is 0 Å². The van der Waals surface area contributed by atoms with E-state index in [-0.39, 0.29) is 24.0 Å². The second-order valence-corrected chi connectivity index (χ2v) is 5.05. The molecule has 2 amide bonds. The zero-order valence-electron chi connectivity index (χ0n) is 11.7. The zero-order valence-corrected chi connectivity index (χ0v) is 11.7. The molecule has 6 nitrogen and oxygen atoms in total. The molecule has 1 heterocycles. The molecule has 1 aromatic carbocycles. The quantitative estimate of drug-likeness (QED) is 0.726. The maximum absolute atomic E-state index is 11.8. The Morgan fingerprint density at radius 3 is 2.75 bits per heavy atom. The SMILES string of the molecule is CNC(=O)c1cccc(NC(=O)COC2(C)CNC2)c1. The van der Waals surface area contributed by atoms with Crippen molar-refractivity contribution in [3.8, 4) is 0 Å². The first kappa shape index (κ1) is 14.5. The van der Waals surface area contributed by atoms with Crippen LogP contribution in [0.2, 0.25) is 0 Å². The maximum atomic E-state index is 11.8.